The van der Waals surface area contributed by atoms with E-state index >= 15 is 0 Å². The van der Waals surface area contributed by atoms with Crippen molar-refractivity contribution in [2.75, 3.05) is 19.1 Å². The van der Waals surface area contributed by atoms with Crippen LogP contribution in [0.2, 0.25) is 0 Å². The summed E-state index contributed by atoms with van der Waals surface area (Å²) in [4.78, 5) is 19.2. The summed E-state index contributed by atoms with van der Waals surface area (Å²) in [6, 6.07) is 1.85. The van der Waals surface area contributed by atoms with Crippen LogP contribution in [0.25, 0.3) is 0 Å². The molecule has 0 bridgehead atoms. The molecule has 1 rings (SSSR count). The molecule has 1 aromatic rings. The smallest absolute Gasteiger partial charge is 0.264 e. The Labute approximate surface area is 88.0 Å². The van der Waals surface area contributed by atoms with Gasteiger partial charge in [-0.05, 0) is 19.9 Å². The fraction of sp³-hybridized carbons (Fsp3) is 0.444. The van der Waals surface area contributed by atoms with Crippen molar-refractivity contribution in [2.24, 2.45) is 0 Å². The van der Waals surface area contributed by atoms with E-state index in [0.29, 0.717) is 5.95 Å². The molecule has 0 aliphatic rings. The molecule has 0 saturated heterocycles. The molecule has 0 radical (unpaired) electrons. The topological polar surface area (TPSA) is 76.1 Å². The van der Waals surface area contributed by atoms with Crippen LogP contribution < -0.4 is 10.9 Å². The Morgan fingerprint density at radius 2 is 2.00 bits per heavy atom. The number of anilines is 1. The van der Waals surface area contributed by atoms with Crippen LogP contribution in [0.3, 0.4) is 0 Å². The van der Waals surface area contributed by atoms with Gasteiger partial charge >= 0.3 is 0 Å². The zero-order valence-corrected chi connectivity index (χ0v) is 9.00. The summed E-state index contributed by atoms with van der Waals surface area (Å²) in [5.74, 6) is 0.0946. The molecule has 1 aromatic heterocycles. The van der Waals surface area contributed by atoms with E-state index in [1.54, 1.807) is 0 Å². The van der Waals surface area contributed by atoms with Gasteiger partial charge < -0.3 is 4.74 Å². The number of ether oxygens (including phenoxy) is 1. The van der Waals surface area contributed by atoms with Crippen molar-refractivity contribution in [3.63, 3.8) is 0 Å². The molecule has 0 atom stereocenters. The molecule has 0 unspecified atom stereocenters. The van der Waals surface area contributed by atoms with E-state index in [2.05, 4.69) is 25.6 Å². The van der Waals surface area contributed by atoms with Crippen molar-refractivity contribution >= 4 is 11.9 Å². The maximum atomic E-state index is 11.0. The predicted molar refractivity (Wildman–Crippen MR) is 55.1 cm³/mol. The van der Waals surface area contributed by atoms with Crippen molar-refractivity contribution in [1.82, 2.24) is 15.4 Å². The normalized spacial score (nSPS) is 9.80. The van der Waals surface area contributed by atoms with Crippen LogP contribution in [-0.4, -0.2) is 29.6 Å². The maximum Gasteiger partial charge on any atom is 0.264 e. The maximum absolute atomic E-state index is 11.0. The Morgan fingerprint density at radius 3 is 2.53 bits per heavy atom. The highest BCUT2D eigenvalue weighted by molar-refractivity contribution is 5.78. The molecule has 1 heterocycles. The number of amides is 1. The van der Waals surface area contributed by atoms with Crippen molar-refractivity contribution in [2.45, 2.75) is 13.8 Å². The number of nitrogens with one attached hydrogen (secondary N) is 2. The number of aromatic nitrogens is 2. The monoisotopic (exact) mass is 210 g/mol. The molecule has 2 N–H and O–H groups in total. The number of methoxy groups -OCH3 is 1. The van der Waals surface area contributed by atoms with E-state index in [4.69, 9.17) is 0 Å². The second-order valence-corrected chi connectivity index (χ2v) is 3.08. The Hall–Kier alpha value is -1.69. The summed E-state index contributed by atoms with van der Waals surface area (Å²) in [7, 11) is 1.45. The number of hydrogen-bond acceptors (Lipinski definition) is 5. The average molecular weight is 210 g/mol. The van der Waals surface area contributed by atoms with Gasteiger partial charge in [0.25, 0.3) is 5.91 Å². The third kappa shape index (κ3) is 3.90. The lowest BCUT2D eigenvalue weighted by molar-refractivity contribution is -0.124. The fourth-order valence-electron chi connectivity index (χ4n) is 1.07. The van der Waals surface area contributed by atoms with Crippen LogP contribution in [0.15, 0.2) is 6.07 Å². The van der Waals surface area contributed by atoms with Crippen molar-refractivity contribution in [1.29, 1.82) is 0 Å². The summed E-state index contributed by atoms with van der Waals surface area (Å²) in [6.07, 6.45) is 0. The Bertz CT molecular complexity index is 334. The largest absolute Gasteiger partial charge is 0.375 e. The van der Waals surface area contributed by atoms with Crippen LogP contribution in [0.1, 0.15) is 11.4 Å². The molecule has 6 heteroatoms. The van der Waals surface area contributed by atoms with Crippen LogP contribution in [-0.2, 0) is 9.53 Å². The number of rotatable bonds is 4. The first-order chi connectivity index (χ1) is 7.11. The van der Waals surface area contributed by atoms with Crippen LogP contribution >= 0.6 is 0 Å². The van der Waals surface area contributed by atoms with Crippen molar-refractivity contribution in [3.05, 3.63) is 17.5 Å². The highest BCUT2D eigenvalue weighted by Crippen LogP contribution is 2.01. The minimum Gasteiger partial charge on any atom is -0.375 e. The van der Waals surface area contributed by atoms with Gasteiger partial charge in [0.1, 0.15) is 6.61 Å². The minimum absolute atomic E-state index is 0.00218. The lowest BCUT2D eigenvalue weighted by Gasteiger charge is -2.07. The molecule has 0 aromatic carbocycles. The fourth-order valence-corrected chi connectivity index (χ4v) is 1.07. The van der Waals surface area contributed by atoms with Gasteiger partial charge in [-0.2, -0.15) is 0 Å². The van der Waals surface area contributed by atoms with Crippen molar-refractivity contribution in [3.8, 4) is 0 Å². The van der Waals surface area contributed by atoms with E-state index in [9.17, 15) is 4.79 Å². The van der Waals surface area contributed by atoms with Gasteiger partial charge in [-0.15, -0.1) is 0 Å². The Balaban J connectivity index is 2.54. The SMILES string of the molecule is COCC(=O)NNc1nc(C)cc(C)n1. The van der Waals surface area contributed by atoms with Gasteiger partial charge in [0, 0.05) is 18.5 Å². The second-order valence-electron chi connectivity index (χ2n) is 3.08. The van der Waals surface area contributed by atoms with Crippen LogP contribution in [0.4, 0.5) is 5.95 Å². The predicted octanol–water partition coefficient (Wildman–Crippen LogP) is 0.183. The number of hydrazine groups is 1. The lowest BCUT2D eigenvalue weighted by atomic mass is 10.4. The summed E-state index contributed by atoms with van der Waals surface area (Å²) < 4.78 is 4.65. The standard InChI is InChI=1S/C9H14N4O2/c1-6-4-7(2)11-9(10-6)13-12-8(14)5-15-3/h4H,5H2,1-3H3,(H,12,14)(H,10,11,13). The number of carbonyl (C=O) groups excluding carboxylic acids is 1. The van der Waals surface area contributed by atoms with E-state index in [0.717, 1.165) is 11.4 Å². The number of hydrogen-bond donors (Lipinski definition) is 2. The van der Waals surface area contributed by atoms with Gasteiger partial charge in [0.15, 0.2) is 0 Å². The zero-order chi connectivity index (χ0) is 11.3. The van der Waals surface area contributed by atoms with Gasteiger partial charge in [-0.3, -0.25) is 15.6 Å². The summed E-state index contributed by atoms with van der Waals surface area (Å²) in [5, 5.41) is 0. The molecule has 0 fully saturated rings. The molecular weight excluding hydrogens is 196 g/mol. The Morgan fingerprint density at radius 1 is 1.40 bits per heavy atom. The molecule has 0 aliphatic heterocycles. The molecule has 15 heavy (non-hydrogen) atoms. The third-order valence-corrected chi connectivity index (χ3v) is 1.57. The second kappa shape index (κ2) is 5.26. The minimum atomic E-state index is -0.278. The molecule has 1 amide bonds. The lowest BCUT2D eigenvalue weighted by Crippen LogP contribution is -2.33. The zero-order valence-electron chi connectivity index (χ0n) is 9.00. The number of aryl methyl sites for hydroxylation is 2. The molecule has 0 aliphatic carbocycles. The quantitative estimate of drug-likeness (QED) is 0.693. The molecule has 0 saturated carbocycles. The first-order valence-corrected chi connectivity index (χ1v) is 4.48. The highest BCUT2D eigenvalue weighted by Gasteiger charge is 2.01. The van der Waals surface area contributed by atoms with Gasteiger partial charge in [0.05, 0.1) is 0 Å². The average Bonchev–Trinajstić information content (AvgIpc) is 2.14. The van der Waals surface area contributed by atoms with Crippen molar-refractivity contribution < 1.29 is 9.53 Å². The van der Waals surface area contributed by atoms with E-state index < -0.39 is 0 Å². The van der Waals surface area contributed by atoms with E-state index in [1.807, 2.05) is 19.9 Å². The van der Waals surface area contributed by atoms with Crippen LogP contribution in [0, 0.1) is 13.8 Å². The van der Waals surface area contributed by atoms with Gasteiger partial charge in [-0.25, -0.2) is 9.97 Å². The van der Waals surface area contributed by atoms with E-state index in [1.165, 1.54) is 7.11 Å². The van der Waals surface area contributed by atoms with Gasteiger partial charge in [-0.1, -0.05) is 0 Å². The first kappa shape index (κ1) is 11.4. The summed E-state index contributed by atoms with van der Waals surface area (Å²) >= 11 is 0. The number of carbonyl (C=O) groups is 1. The Kier molecular flexibility index (Phi) is 3.99. The number of nitrogens with zero attached hydrogens (tertiary/aromatic N) is 2. The molecule has 82 valence electrons. The summed E-state index contributed by atoms with van der Waals surface area (Å²) in [6.45, 7) is 3.71. The third-order valence-electron chi connectivity index (χ3n) is 1.57. The molecule has 6 nitrogen and oxygen atoms in total. The summed E-state index contributed by atoms with van der Waals surface area (Å²) in [5.41, 5.74) is 6.70. The van der Waals surface area contributed by atoms with E-state index in [-0.39, 0.29) is 12.5 Å². The molecule has 0 spiro atoms. The van der Waals surface area contributed by atoms with Crippen LogP contribution in [0.5, 0.6) is 0 Å². The van der Waals surface area contributed by atoms with Gasteiger partial charge in [0.2, 0.25) is 5.95 Å². The highest BCUT2D eigenvalue weighted by atomic mass is 16.5. The molecular formula is C9H14N4O2. The first-order valence-electron chi connectivity index (χ1n) is 4.48.